The van der Waals surface area contributed by atoms with Gasteiger partial charge in [-0.1, -0.05) is 42.5 Å². The summed E-state index contributed by atoms with van der Waals surface area (Å²) in [7, 11) is 0. The van der Waals surface area contributed by atoms with E-state index >= 15 is 0 Å². The first kappa shape index (κ1) is 14.0. The first-order valence-corrected chi connectivity index (χ1v) is 8.14. The molecule has 1 heterocycles. The smallest absolute Gasteiger partial charge is 0.139 e. The van der Waals surface area contributed by atoms with E-state index in [4.69, 9.17) is 16.0 Å². The zero-order chi connectivity index (χ0) is 17.0. The molecule has 0 saturated carbocycles. The van der Waals surface area contributed by atoms with Crippen LogP contribution < -0.4 is 5.73 Å². The van der Waals surface area contributed by atoms with Gasteiger partial charge in [0.2, 0.25) is 0 Å². The van der Waals surface area contributed by atoms with Crippen LogP contribution in [0.1, 0.15) is 22.7 Å². The third kappa shape index (κ3) is 1.94. The Hall–Kier alpha value is -3.42. The van der Waals surface area contributed by atoms with Crippen molar-refractivity contribution in [1.82, 2.24) is 9.97 Å². The molecule has 0 fully saturated rings. The Labute approximate surface area is 144 Å². The van der Waals surface area contributed by atoms with E-state index in [1.54, 1.807) is 12.1 Å². The fourth-order valence-corrected chi connectivity index (χ4v) is 3.69. The normalized spacial score (nSPS) is 15.0. The maximum absolute atomic E-state index is 9.08. The molecule has 3 N–H and O–H groups in total. The van der Waals surface area contributed by atoms with Crippen molar-refractivity contribution in [3.05, 3.63) is 77.4 Å². The molecule has 0 aliphatic heterocycles. The first-order chi connectivity index (χ1) is 12.3. The van der Waals surface area contributed by atoms with E-state index < -0.39 is 0 Å². The van der Waals surface area contributed by atoms with Crippen LogP contribution in [0.4, 0.5) is 0 Å². The van der Waals surface area contributed by atoms with Gasteiger partial charge < -0.3 is 10.7 Å². The Morgan fingerprint density at radius 1 is 0.960 bits per heavy atom. The van der Waals surface area contributed by atoms with Crippen molar-refractivity contribution in [3.63, 3.8) is 0 Å². The SMILES string of the molecule is N#Cc1ccc2[nH]c(-c3cccc4c3-c3ccccc3[C@H]4N)nc2c1. The predicted octanol–water partition coefficient (Wildman–Crippen LogP) is 4.13. The van der Waals surface area contributed by atoms with Crippen LogP contribution in [0.3, 0.4) is 0 Å². The third-order valence-corrected chi connectivity index (χ3v) is 4.86. The summed E-state index contributed by atoms with van der Waals surface area (Å²) in [5.74, 6) is 0.797. The summed E-state index contributed by atoms with van der Waals surface area (Å²) in [6.07, 6.45) is 0. The Morgan fingerprint density at radius 2 is 1.76 bits per heavy atom. The van der Waals surface area contributed by atoms with Gasteiger partial charge >= 0.3 is 0 Å². The third-order valence-electron chi connectivity index (χ3n) is 4.86. The standard InChI is InChI=1S/C21H14N4/c22-11-12-8-9-17-18(10-12)25-21(24-17)16-7-3-6-15-19(16)13-4-1-2-5-14(13)20(15)23/h1-10,20H,23H2,(H,24,25)/t20-/m1/s1. The van der Waals surface area contributed by atoms with Gasteiger partial charge in [-0.2, -0.15) is 5.26 Å². The molecule has 3 aromatic carbocycles. The summed E-state index contributed by atoms with van der Waals surface area (Å²) >= 11 is 0. The van der Waals surface area contributed by atoms with Gasteiger partial charge in [0.05, 0.1) is 28.7 Å². The lowest BCUT2D eigenvalue weighted by Crippen LogP contribution is -2.07. The highest BCUT2D eigenvalue weighted by atomic mass is 14.9. The number of nitrogens with one attached hydrogen (secondary N) is 1. The van der Waals surface area contributed by atoms with Crippen molar-refractivity contribution in [2.45, 2.75) is 6.04 Å². The van der Waals surface area contributed by atoms with Crippen molar-refractivity contribution in [1.29, 1.82) is 5.26 Å². The molecule has 0 amide bonds. The molecule has 0 spiro atoms. The molecule has 0 unspecified atom stereocenters. The van der Waals surface area contributed by atoms with Crippen molar-refractivity contribution < 1.29 is 0 Å². The number of nitrogens with two attached hydrogens (primary N) is 1. The van der Waals surface area contributed by atoms with Crippen LogP contribution in [0.25, 0.3) is 33.5 Å². The topological polar surface area (TPSA) is 78.5 Å². The molecule has 0 saturated heterocycles. The van der Waals surface area contributed by atoms with Gasteiger partial charge in [-0.25, -0.2) is 4.98 Å². The molecular formula is C21H14N4. The average Bonchev–Trinajstić information content (AvgIpc) is 3.21. The number of aromatic amines is 1. The maximum Gasteiger partial charge on any atom is 0.139 e. The highest BCUT2D eigenvalue weighted by molar-refractivity contribution is 5.91. The summed E-state index contributed by atoms with van der Waals surface area (Å²) < 4.78 is 0. The van der Waals surface area contributed by atoms with Crippen LogP contribution in [-0.4, -0.2) is 9.97 Å². The summed E-state index contributed by atoms with van der Waals surface area (Å²) in [5.41, 5.74) is 14.4. The van der Waals surface area contributed by atoms with E-state index in [-0.39, 0.29) is 6.04 Å². The molecule has 1 atom stereocenters. The minimum absolute atomic E-state index is 0.110. The van der Waals surface area contributed by atoms with Gasteiger partial charge in [0.25, 0.3) is 0 Å². The second-order valence-corrected chi connectivity index (χ2v) is 6.26. The minimum Gasteiger partial charge on any atom is -0.338 e. The monoisotopic (exact) mass is 322 g/mol. The number of hydrogen-bond acceptors (Lipinski definition) is 3. The lowest BCUT2D eigenvalue weighted by atomic mass is 9.99. The molecule has 0 radical (unpaired) electrons. The van der Waals surface area contributed by atoms with Crippen LogP contribution in [0.15, 0.2) is 60.7 Å². The Kier molecular flexibility index (Phi) is 2.81. The minimum atomic E-state index is -0.110. The van der Waals surface area contributed by atoms with E-state index in [2.05, 4.69) is 35.3 Å². The van der Waals surface area contributed by atoms with Gasteiger partial charge in [-0.3, -0.25) is 0 Å². The molecule has 4 heteroatoms. The number of nitrogens with zero attached hydrogens (tertiary/aromatic N) is 2. The van der Waals surface area contributed by atoms with Crippen molar-refractivity contribution in [2.24, 2.45) is 5.73 Å². The number of benzene rings is 3. The van der Waals surface area contributed by atoms with Crippen LogP contribution in [0.2, 0.25) is 0 Å². The summed E-state index contributed by atoms with van der Waals surface area (Å²) in [5, 5.41) is 9.08. The summed E-state index contributed by atoms with van der Waals surface area (Å²) in [6.45, 7) is 0. The lowest BCUT2D eigenvalue weighted by molar-refractivity contribution is 0.901. The van der Waals surface area contributed by atoms with E-state index in [1.807, 2.05) is 24.3 Å². The summed E-state index contributed by atoms with van der Waals surface area (Å²) in [6, 6.07) is 22.0. The average molecular weight is 322 g/mol. The van der Waals surface area contributed by atoms with E-state index in [9.17, 15) is 0 Å². The molecule has 1 aliphatic rings. The maximum atomic E-state index is 9.08. The van der Waals surface area contributed by atoms with E-state index in [0.29, 0.717) is 5.56 Å². The summed E-state index contributed by atoms with van der Waals surface area (Å²) in [4.78, 5) is 8.10. The Balaban J connectivity index is 1.77. The Bertz CT molecular complexity index is 1180. The van der Waals surface area contributed by atoms with Crippen molar-refractivity contribution in [3.8, 4) is 28.6 Å². The van der Waals surface area contributed by atoms with Crippen molar-refractivity contribution in [2.75, 3.05) is 0 Å². The number of hydrogen-bond donors (Lipinski definition) is 2. The number of nitriles is 1. The predicted molar refractivity (Wildman–Crippen MR) is 97.7 cm³/mol. The molecule has 25 heavy (non-hydrogen) atoms. The quantitative estimate of drug-likeness (QED) is 0.553. The Morgan fingerprint density at radius 3 is 2.64 bits per heavy atom. The number of imidazole rings is 1. The van der Waals surface area contributed by atoms with Crippen LogP contribution >= 0.6 is 0 Å². The highest BCUT2D eigenvalue weighted by Crippen LogP contribution is 2.46. The molecule has 4 aromatic rings. The lowest BCUT2D eigenvalue weighted by Gasteiger charge is -2.08. The second-order valence-electron chi connectivity index (χ2n) is 6.26. The fourth-order valence-electron chi connectivity index (χ4n) is 3.69. The van der Waals surface area contributed by atoms with E-state index in [0.717, 1.165) is 39.1 Å². The highest BCUT2D eigenvalue weighted by Gasteiger charge is 2.28. The molecule has 118 valence electrons. The number of fused-ring (bicyclic) bond motifs is 4. The van der Waals surface area contributed by atoms with E-state index in [1.165, 1.54) is 5.56 Å². The molecule has 5 rings (SSSR count). The van der Waals surface area contributed by atoms with Crippen LogP contribution in [-0.2, 0) is 0 Å². The van der Waals surface area contributed by atoms with Gasteiger partial charge in [0.15, 0.2) is 0 Å². The largest absolute Gasteiger partial charge is 0.338 e. The van der Waals surface area contributed by atoms with Gasteiger partial charge in [0, 0.05) is 5.56 Å². The molecular weight excluding hydrogens is 308 g/mol. The number of rotatable bonds is 1. The van der Waals surface area contributed by atoms with Gasteiger partial charge in [0.1, 0.15) is 5.82 Å². The fraction of sp³-hybridized carbons (Fsp3) is 0.0476. The molecule has 4 nitrogen and oxygen atoms in total. The molecule has 1 aliphatic carbocycles. The van der Waals surface area contributed by atoms with Gasteiger partial charge in [-0.15, -0.1) is 0 Å². The first-order valence-electron chi connectivity index (χ1n) is 8.14. The van der Waals surface area contributed by atoms with Crippen molar-refractivity contribution >= 4 is 11.0 Å². The molecule has 1 aromatic heterocycles. The number of aromatic nitrogens is 2. The van der Waals surface area contributed by atoms with Gasteiger partial charge in [-0.05, 0) is 40.5 Å². The van der Waals surface area contributed by atoms with Crippen LogP contribution in [0, 0.1) is 11.3 Å². The van der Waals surface area contributed by atoms with Crippen LogP contribution in [0.5, 0.6) is 0 Å². The number of H-pyrrole nitrogens is 1. The zero-order valence-electron chi connectivity index (χ0n) is 13.3. The zero-order valence-corrected chi connectivity index (χ0v) is 13.3. The second kappa shape index (κ2) is 5.04. The molecule has 0 bridgehead atoms.